The average molecular weight is 377 g/mol. The molecule has 3 atom stereocenters. The molecule has 0 bridgehead atoms. The zero-order chi connectivity index (χ0) is 19.2. The number of halogens is 3. The molecular formula is C20H22F3N3O. The van der Waals surface area contributed by atoms with Gasteiger partial charge in [-0.2, -0.15) is 5.01 Å². The van der Waals surface area contributed by atoms with Crippen LogP contribution in [-0.2, 0) is 4.79 Å². The van der Waals surface area contributed by atoms with Crippen LogP contribution in [0.4, 0.5) is 13.2 Å². The van der Waals surface area contributed by atoms with Crippen molar-refractivity contribution >= 4 is 11.6 Å². The molecule has 4 nitrogen and oxygen atoms in total. The van der Waals surface area contributed by atoms with Crippen molar-refractivity contribution in [3.8, 4) is 0 Å². The Balaban J connectivity index is 1.48. The largest absolute Gasteiger partial charge is 0.298 e. The van der Waals surface area contributed by atoms with Crippen LogP contribution in [0.1, 0.15) is 50.6 Å². The molecule has 144 valence electrons. The van der Waals surface area contributed by atoms with Gasteiger partial charge in [-0.3, -0.25) is 10.2 Å². The number of benzene rings is 1. The summed E-state index contributed by atoms with van der Waals surface area (Å²) in [4.78, 5) is 16.5. The topological polar surface area (TPSA) is 44.7 Å². The van der Waals surface area contributed by atoms with E-state index in [0.29, 0.717) is 18.4 Å². The second-order valence-electron chi connectivity index (χ2n) is 7.61. The molecule has 2 unspecified atom stereocenters. The number of carbonyl (C=O) groups excluding carboxylic acids is 1. The molecule has 7 heteroatoms. The monoisotopic (exact) mass is 377 g/mol. The summed E-state index contributed by atoms with van der Waals surface area (Å²) in [7, 11) is 0. The van der Waals surface area contributed by atoms with Crippen molar-refractivity contribution in [2.24, 2.45) is 4.99 Å². The van der Waals surface area contributed by atoms with Gasteiger partial charge in [0, 0.05) is 19.3 Å². The highest BCUT2D eigenvalue weighted by Crippen LogP contribution is 2.46. The fraction of sp³-hybridized carbons (Fsp3) is 0.500. The third kappa shape index (κ3) is 3.29. The van der Waals surface area contributed by atoms with Gasteiger partial charge >= 0.3 is 0 Å². The van der Waals surface area contributed by atoms with Gasteiger partial charge in [0.05, 0.1) is 6.04 Å². The Labute approximate surface area is 156 Å². The Morgan fingerprint density at radius 2 is 2.04 bits per heavy atom. The second kappa shape index (κ2) is 6.48. The molecular weight excluding hydrogens is 355 g/mol. The van der Waals surface area contributed by atoms with Gasteiger partial charge in [0.15, 0.2) is 12.0 Å². The van der Waals surface area contributed by atoms with Crippen LogP contribution < -0.4 is 5.43 Å². The highest BCUT2D eigenvalue weighted by molar-refractivity contribution is 6.39. The van der Waals surface area contributed by atoms with Crippen molar-refractivity contribution in [3.63, 3.8) is 0 Å². The Hall–Kier alpha value is -2.15. The summed E-state index contributed by atoms with van der Waals surface area (Å²) >= 11 is 0. The van der Waals surface area contributed by atoms with Crippen LogP contribution in [0, 0.1) is 0 Å². The summed E-state index contributed by atoms with van der Waals surface area (Å²) in [5, 5.41) is 1.37. The lowest BCUT2D eigenvalue weighted by Gasteiger charge is -2.23. The van der Waals surface area contributed by atoms with Crippen LogP contribution in [0.15, 0.2) is 47.0 Å². The minimum absolute atomic E-state index is 0.0135. The number of hydrazine groups is 1. The maximum absolute atomic E-state index is 14.5. The van der Waals surface area contributed by atoms with Gasteiger partial charge in [-0.25, -0.2) is 18.2 Å². The van der Waals surface area contributed by atoms with E-state index in [-0.39, 0.29) is 30.9 Å². The second-order valence-corrected chi connectivity index (χ2v) is 7.61. The van der Waals surface area contributed by atoms with Crippen LogP contribution in [0.2, 0.25) is 0 Å². The lowest BCUT2D eigenvalue weighted by Crippen LogP contribution is -2.43. The van der Waals surface area contributed by atoms with Crippen LogP contribution in [0.3, 0.4) is 0 Å². The number of carbonyl (C=O) groups is 1. The SMILES string of the molecule is CCC1(F)CC=C(CC(=O)C2=NC3N(N2)[C@H](c2ccccc2)CC3(F)F)C1. The van der Waals surface area contributed by atoms with Gasteiger partial charge in [-0.05, 0) is 18.4 Å². The van der Waals surface area contributed by atoms with E-state index in [4.69, 9.17) is 0 Å². The number of rotatable bonds is 5. The summed E-state index contributed by atoms with van der Waals surface area (Å²) < 4.78 is 43.3. The molecule has 1 saturated heterocycles. The van der Waals surface area contributed by atoms with Crippen molar-refractivity contribution < 1.29 is 18.0 Å². The third-order valence-corrected chi connectivity index (χ3v) is 5.70. The predicted molar refractivity (Wildman–Crippen MR) is 96.0 cm³/mol. The first kappa shape index (κ1) is 18.2. The number of Topliss-reactive ketones (excluding diaryl/α,β-unsaturated/α-hetero) is 1. The van der Waals surface area contributed by atoms with E-state index in [1.807, 2.05) is 6.07 Å². The average Bonchev–Trinajstić information content (AvgIpc) is 3.31. The molecule has 1 aromatic carbocycles. The fourth-order valence-electron chi connectivity index (χ4n) is 4.07. The molecule has 0 aromatic heterocycles. The van der Waals surface area contributed by atoms with Crippen molar-refractivity contribution in [1.82, 2.24) is 10.4 Å². The molecule has 1 aliphatic carbocycles. The van der Waals surface area contributed by atoms with Crippen LogP contribution in [0.5, 0.6) is 0 Å². The molecule has 2 heterocycles. The van der Waals surface area contributed by atoms with Crippen LogP contribution in [0.25, 0.3) is 0 Å². The molecule has 1 N–H and O–H groups in total. The molecule has 1 aromatic rings. The Kier molecular flexibility index (Phi) is 4.37. The van der Waals surface area contributed by atoms with E-state index >= 15 is 0 Å². The van der Waals surface area contributed by atoms with Crippen molar-refractivity contribution in [3.05, 3.63) is 47.5 Å². The lowest BCUT2D eigenvalue weighted by molar-refractivity contribution is -0.112. The van der Waals surface area contributed by atoms with E-state index in [1.165, 1.54) is 5.01 Å². The molecule has 1 fully saturated rings. The molecule has 4 rings (SSSR count). The number of amidine groups is 1. The summed E-state index contributed by atoms with van der Waals surface area (Å²) in [5.41, 5.74) is 2.98. The van der Waals surface area contributed by atoms with Crippen molar-refractivity contribution in [1.29, 1.82) is 0 Å². The number of nitrogens with zero attached hydrogens (tertiary/aromatic N) is 2. The third-order valence-electron chi connectivity index (χ3n) is 5.70. The number of aliphatic imine (C=N–C) groups is 1. The normalized spacial score (nSPS) is 32.0. The van der Waals surface area contributed by atoms with Crippen molar-refractivity contribution in [2.75, 3.05) is 0 Å². The number of hydrogen-bond donors (Lipinski definition) is 1. The minimum atomic E-state index is -3.03. The summed E-state index contributed by atoms with van der Waals surface area (Å²) in [5.74, 6) is -3.47. The molecule has 27 heavy (non-hydrogen) atoms. The van der Waals surface area contributed by atoms with Gasteiger partial charge in [0.25, 0.3) is 5.92 Å². The van der Waals surface area contributed by atoms with Gasteiger partial charge in [-0.15, -0.1) is 0 Å². The number of ketones is 1. The predicted octanol–water partition coefficient (Wildman–Crippen LogP) is 4.11. The van der Waals surface area contributed by atoms with Gasteiger partial charge in [0.2, 0.25) is 5.78 Å². The first-order valence-electron chi connectivity index (χ1n) is 9.27. The number of hydrogen-bond acceptors (Lipinski definition) is 4. The quantitative estimate of drug-likeness (QED) is 0.786. The fourth-order valence-corrected chi connectivity index (χ4v) is 4.07. The highest BCUT2D eigenvalue weighted by Gasteiger charge is 2.58. The number of nitrogens with one attached hydrogen (secondary N) is 1. The van der Waals surface area contributed by atoms with E-state index in [0.717, 1.165) is 5.56 Å². The maximum atomic E-state index is 14.5. The Morgan fingerprint density at radius 1 is 1.30 bits per heavy atom. The van der Waals surface area contributed by atoms with Crippen LogP contribution in [-0.4, -0.2) is 34.4 Å². The van der Waals surface area contributed by atoms with Gasteiger partial charge in [0.1, 0.15) is 5.67 Å². The van der Waals surface area contributed by atoms with E-state index < -0.39 is 23.8 Å². The van der Waals surface area contributed by atoms with Gasteiger partial charge in [-0.1, -0.05) is 48.9 Å². The maximum Gasteiger partial charge on any atom is 0.286 e. The molecule has 0 amide bonds. The van der Waals surface area contributed by atoms with Gasteiger partial charge < -0.3 is 0 Å². The first-order chi connectivity index (χ1) is 12.8. The number of fused-ring (bicyclic) bond motifs is 1. The smallest absolute Gasteiger partial charge is 0.286 e. The van der Waals surface area contributed by atoms with E-state index in [2.05, 4.69) is 10.4 Å². The molecule has 0 radical (unpaired) electrons. The number of allylic oxidation sites excluding steroid dienone is 2. The highest BCUT2D eigenvalue weighted by atomic mass is 19.3. The zero-order valence-corrected chi connectivity index (χ0v) is 15.1. The summed E-state index contributed by atoms with van der Waals surface area (Å²) in [6.07, 6.45) is 0.925. The Morgan fingerprint density at radius 3 is 2.70 bits per heavy atom. The Bertz CT molecular complexity index is 808. The van der Waals surface area contributed by atoms with Crippen molar-refractivity contribution in [2.45, 2.75) is 62.8 Å². The standard InChI is InChI=1S/C20H22F3N3O/c1-2-19(21)9-8-13(11-19)10-16(27)17-24-18-20(22,23)12-15(26(18)25-17)14-6-4-3-5-7-14/h3-8,15,18H,2,9-12H2,1H3,(H,24,25)/t15-,18?,19?/m0/s1. The minimum Gasteiger partial charge on any atom is -0.298 e. The lowest BCUT2D eigenvalue weighted by atomic mass is 9.97. The first-order valence-corrected chi connectivity index (χ1v) is 9.27. The van der Waals surface area contributed by atoms with E-state index in [9.17, 15) is 18.0 Å². The molecule has 0 saturated carbocycles. The molecule has 3 aliphatic rings. The number of alkyl halides is 3. The van der Waals surface area contributed by atoms with E-state index in [1.54, 1.807) is 37.3 Å². The van der Waals surface area contributed by atoms with Crippen LogP contribution >= 0.6 is 0 Å². The molecule has 0 spiro atoms. The molecule has 2 aliphatic heterocycles. The zero-order valence-electron chi connectivity index (χ0n) is 15.1. The summed E-state index contributed by atoms with van der Waals surface area (Å²) in [6, 6.07) is 8.44. The summed E-state index contributed by atoms with van der Waals surface area (Å²) in [6.45, 7) is 1.78.